The number of halogens is 2. The van der Waals surface area contributed by atoms with E-state index in [4.69, 9.17) is 23.1 Å². The van der Waals surface area contributed by atoms with Gasteiger partial charge in [0, 0.05) is 10.6 Å². The van der Waals surface area contributed by atoms with Crippen molar-refractivity contribution in [2.24, 2.45) is 5.73 Å². The molecule has 0 saturated heterocycles. The Balaban J connectivity index is 2.09. The maximum absolute atomic E-state index is 14.5. The molecule has 1 heterocycles. The summed E-state index contributed by atoms with van der Waals surface area (Å²) < 4.78 is 14.5. The highest BCUT2D eigenvalue weighted by Gasteiger charge is 2.29. The Labute approximate surface area is 169 Å². The number of nitrogen functional groups attached to an aromatic ring is 1. The Hall–Kier alpha value is -2.97. The number of ketones is 1. The number of hydrogen-bond acceptors (Lipinski definition) is 6. The van der Waals surface area contributed by atoms with Gasteiger partial charge in [-0.3, -0.25) is 9.59 Å². The summed E-state index contributed by atoms with van der Waals surface area (Å²) in [5.74, 6) is -1.68. The smallest absolute Gasteiger partial charge is 0.240 e. The second-order valence-corrected chi connectivity index (χ2v) is 7.36. The van der Waals surface area contributed by atoms with Crippen molar-refractivity contribution in [1.29, 1.82) is 0 Å². The van der Waals surface area contributed by atoms with Gasteiger partial charge in [0.25, 0.3) is 0 Å². The number of aromatic nitrogens is 1. The summed E-state index contributed by atoms with van der Waals surface area (Å²) in [6.45, 7) is 1.51. The molecule has 6 nitrogen and oxygen atoms in total. The number of anilines is 3. The maximum Gasteiger partial charge on any atom is 0.240 e. The van der Waals surface area contributed by atoms with Crippen LogP contribution in [0.25, 0.3) is 0 Å². The molecule has 9 heteroatoms. The Morgan fingerprint density at radius 1 is 1.21 bits per heavy atom. The molecule has 1 atom stereocenters. The van der Waals surface area contributed by atoms with E-state index >= 15 is 0 Å². The summed E-state index contributed by atoms with van der Waals surface area (Å²) in [5.41, 5.74) is 11.9. The van der Waals surface area contributed by atoms with E-state index < -0.39 is 17.8 Å². The molecular formula is C19H16ClFN4O2S. The molecule has 144 valence electrons. The normalized spacial score (nSPS) is 11.8. The number of carbonyl (C=O) groups is 2. The van der Waals surface area contributed by atoms with Crippen molar-refractivity contribution in [2.75, 3.05) is 10.6 Å². The molecule has 0 saturated carbocycles. The third-order valence-corrected chi connectivity index (χ3v) is 5.36. The molecule has 0 aliphatic rings. The average Bonchev–Trinajstić information content (AvgIpc) is 3.04. The molecular weight excluding hydrogens is 403 g/mol. The monoisotopic (exact) mass is 418 g/mol. The van der Waals surface area contributed by atoms with Crippen LogP contribution in [0.4, 0.5) is 21.0 Å². The first-order valence-electron chi connectivity index (χ1n) is 8.19. The van der Waals surface area contributed by atoms with Gasteiger partial charge >= 0.3 is 0 Å². The standard InChI is InChI=1S/C19H16ClFN4O2S/c1-10(18(23)27)25(14-8-7-12(20)9-13(14)21)19-24-17(22)16(28-19)15(26)11-5-3-2-4-6-11/h2-10H,22H2,1H3,(H2,23,27)/t10-/m1/s1. The Morgan fingerprint density at radius 3 is 2.50 bits per heavy atom. The van der Waals surface area contributed by atoms with Crippen molar-refractivity contribution in [2.45, 2.75) is 13.0 Å². The van der Waals surface area contributed by atoms with Crippen molar-refractivity contribution in [3.63, 3.8) is 0 Å². The molecule has 1 aromatic heterocycles. The second-order valence-electron chi connectivity index (χ2n) is 5.95. The molecule has 3 rings (SSSR count). The number of rotatable bonds is 6. The number of amides is 1. The molecule has 0 spiro atoms. The summed E-state index contributed by atoms with van der Waals surface area (Å²) >= 11 is 6.78. The molecule has 0 fully saturated rings. The average molecular weight is 419 g/mol. The molecule has 2 aromatic carbocycles. The van der Waals surface area contributed by atoms with Gasteiger partial charge in [0.1, 0.15) is 22.6 Å². The highest BCUT2D eigenvalue weighted by molar-refractivity contribution is 7.18. The maximum atomic E-state index is 14.5. The van der Waals surface area contributed by atoms with E-state index in [0.29, 0.717) is 5.56 Å². The molecule has 0 aliphatic heterocycles. The van der Waals surface area contributed by atoms with Crippen molar-refractivity contribution >= 4 is 51.3 Å². The largest absolute Gasteiger partial charge is 0.382 e. The van der Waals surface area contributed by atoms with Gasteiger partial charge in [0.2, 0.25) is 11.7 Å². The summed E-state index contributed by atoms with van der Waals surface area (Å²) in [7, 11) is 0. The SMILES string of the molecule is C[C@H](C(N)=O)N(c1nc(N)c(C(=O)c2ccccc2)s1)c1ccc(Cl)cc1F. The number of nitrogens with two attached hydrogens (primary N) is 2. The third kappa shape index (κ3) is 3.83. The first kappa shape index (κ1) is 19.8. The Morgan fingerprint density at radius 2 is 1.89 bits per heavy atom. The fourth-order valence-electron chi connectivity index (χ4n) is 2.59. The zero-order valence-corrected chi connectivity index (χ0v) is 16.3. The molecule has 3 aromatic rings. The lowest BCUT2D eigenvalue weighted by Crippen LogP contribution is -2.40. The van der Waals surface area contributed by atoms with Gasteiger partial charge < -0.3 is 16.4 Å². The zero-order chi connectivity index (χ0) is 20.4. The fourth-order valence-corrected chi connectivity index (χ4v) is 3.79. The fraction of sp³-hybridized carbons (Fsp3) is 0.105. The lowest BCUT2D eigenvalue weighted by atomic mass is 10.1. The van der Waals surface area contributed by atoms with Crippen molar-refractivity contribution < 1.29 is 14.0 Å². The van der Waals surface area contributed by atoms with Crippen LogP contribution >= 0.6 is 22.9 Å². The molecule has 0 unspecified atom stereocenters. The summed E-state index contributed by atoms with van der Waals surface area (Å²) in [6, 6.07) is 11.6. The minimum atomic E-state index is -0.944. The van der Waals surface area contributed by atoms with Crippen LogP contribution in [-0.4, -0.2) is 22.7 Å². The molecule has 0 radical (unpaired) electrons. The predicted octanol–water partition coefficient (Wildman–Crippen LogP) is 3.76. The van der Waals surface area contributed by atoms with Gasteiger partial charge in [-0.25, -0.2) is 9.37 Å². The van der Waals surface area contributed by atoms with E-state index in [1.54, 1.807) is 30.3 Å². The predicted molar refractivity (Wildman–Crippen MR) is 109 cm³/mol. The van der Waals surface area contributed by atoms with E-state index in [0.717, 1.165) is 17.4 Å². The Bertz CT molecular complexity index is 1040. The van der Waals surface area contributed by atoms with Crippen LogP contribution in [0, 0.1) is 5.82 Å². The third-order valence-electron chi connectivity index (χ3n) is 4.06. The number of thiazole rings is 1. The van der Waals surface area contributed by atoms with Gasteiger partial charge in [0.15, 0.2) is 5.13 Å². The molecule has 1 amide bonds. The van der Waals surface area contributed by atoms with Gasteiger partial charge in [-0.05, 0) is 25.1 Å². The topological polar surface area (TPSA) is 102 Å². The van der Waals surface area contributed by atoms with E-state index in [1.165, 1.54) is 24.0 Å². The minimum absolute atomic E-state index is 0.00936. The summed E-state index contributed by atoms with van der Waals surface area (Å²) in [6.07, 6.45) is 0. The van der Waals surface area contributed by atoms with Gasteiger partial charge in [-0.2, -0.15) is 0 Å². The van der Waals surface area contributed by atoms with E-state index in [1.807, 2.05) is 0 Å². The van der Waals surface area contributed by atoms with Crippen LogP contribution in [0.2, 0.25) is 5.02 Å². The van der Waals surface area contributed by atoms with E-state index in [2.05, 4.69) is 4.98 Å². The van der Waals surface area contributed by atoms with E-state index in [-0.39, 0.29) is 32.3 Å². The van der Waals surface area contributed by atoms with Crippen LogP contribution in [-0.2, 0) is 4.79 Å². The molecule has 28 heavy (non-hydrogen) atoms. The number of carbonyl (C=O) groups excluding carboxylic acids is 2. The van der Waals surface area contributed by atoms with Crippen LogP contribution in [0.3, 0.4) is 0 Å². The van der Waals surface area contributed by atoms with Gasteiger partial charge in [0.05, 0.1) is 5.69 Å². The van der Waals surface area contributed by atoms with Crippen LogP contribution in [0.15, 0.2) is 48.5 Å². The number of benzene rings is 2. The first-order chi connectivity index (χ1) is 13.3. The quantitative estimate of drug-likeness (QED) is 0.593. The molecule has 0 aliphatic carbocycles. The van der Waals surface area contributed by atoms with Gasteiger partial charge in [-0.15, -0.1) is 0 Å². The van der Waals surface area contributed by atoms with Gasteiger partial charge in [-0.1, -0.05) is 53.3 Å². The zero-order valence-electron chi connectivity index (χ0n) is 14.7. The summed E-state index contributed by atoms with van der Waals surface area (Å²) in [4.78, 5) is 30.3. The van der Waals surface area contributed by atoms with Crippen molar-refractivity contribution in [3.8, 4) is 0 Å². The first-order valence-corrected chi connectivity index (χ1v) is 9.38. The number of primary amides is 1. The number of hydrogen-bond donors (Lipinski definition) is 2. The van der Waals surface area contributed by atoms with E-state index in [9.17, 15) is 14.0 Å². The second kappa shape index (κ2) is 7.95. The van der Waals surface area contributed by atoms with Crippen LogP contribution in [0.1, 0.15) is 22.2 Å². The lowest BCUT2D eigenvalue weighted by Gasteiger charge is -2.27. The van der Waals surface area contributed by atoms with Crippen LogP contribution < -0.4 is 16.4 Å². The minimum Gasteiger partial charge on any atom is -0.382 e. The lowest BCUT2D eigenvalue weighted by molar-refractivity contribution is -0.118. The Kier molecular flexibility index (Phi) is 5.62. The van der Waals surface area contributed by atoms with Crippen LogP contribution in [0.5, 0.6) is 0 Å². The molecule has 0 bridgehead atoms. The van der Waals surface area contributed by atoms with Crippen molar-refractivity contribution in [3.05, 3.63) is 69.8 Å². The van der Waals surface area contributed by atoms with Crippen molar-refractivity contribution in [1.82, 2.24) is 4.98 Å². The number of nitrogens with zero attached hydrogens (tertiary/aromatic N) is 2. The highest BCUT2D eigenvalue weighted by atomic mass is 35.5. The highest BCUT2D eigenvalue weighted by Crippen LogP contribution is 2.37. The molecule has 4 N–H and O–H groups in total. The summed E-state index contributed by atoms with van der Waals surface area (Å²) in [5, 5.41) is 0.371.